The van der Waals surface area contributed by atoms with Gasteiger partial charge in [0.25, 0.3) is 11.8 Å². The van der Waals surface area contributed by atoms with Crippen LogP contribution >= 0.6 is 46.6 Å². The molecule has 2 aromatic heterocycles. The number of nitrogen functional groups attached to an aromatic ring is 1. The van der Waals surface area contributed by atoms with Crippen LogP contribution in [0.15, 0.2) is 49.4 Å². The Morgan fingerprint density at radius 3 is 2.82 bits per heavy atom. The molecule has 0 saturated carbocycles. The van der Waals surface area contributed by atoms with Crippen molar-refractivity contribution in [2.75, 3.05) is 17.2 Å². The molecule has 206 valence electrons. The monoisotopic (exact) mass is 609 g/mol. The average molecular weight is 610 g/mol. The molecule has 2 amide bonds. The lowest BCUT2D eigenvalue weighted by Crippen LogP contribution is -2.71. The van der Waals surface area contributed by atoms with E-state index in [1.54, 1.807) is 18.5 Å². The Bertz CT molecular complexity index is 1380. The van der Waals surface area contributed by atoms with E-state index in [1.165, 1.54) is 40.7 Å². The number of thioether (sulfide) groups is 3. The topological polar surface area (TPSA) is 233 Å². The zero-order valence-electron chi connectivity index (χ0n) is 20.2. The number of pyridine rings is 1. The average Bonchev–Trinajstić information content (AvgIpc) is 3.31. The minimum Gasteiger partial charge on any atom is -0.477 e. The quantitative estimate of drug-likeness (QED) is 0.0493. The number of oxime groups is 1. The van der Waals surface area contributed by atoms with Crippen LogP contribution in [0.1, 0.15) is 12.6 Å². The number of hydrogen-bond donors (Lipinski definition) is 7. The van der Waals surface area contributed by atoms with Crippen molar-refractivity contribution in [1.82, 2.24) is 25.5 Å². The lowest BCUT2D eigenvalue weighted by molar-refractivity contribution is -0.150. The minimum atomic E-state index is -1.26. The van der Waals surface area contributed by atoms with Gasteiger partial charge in [-0.3, -0.25) is 24.9 Å². The lowest BCUT2D eigenvalue weighted by atomic mass is 10.0. The Labute approximate surface area is 238 Å². The number of carbonyl (C=O) groups is 3. The zero-order valence-corrected chi connectivity index (χ0v) is 23.4. The maximum absolute atomic E-state index is 13.0. The van der Waals surface area contributed by atoms with E-state index < -0.39 is 34.9 Å². The number of aliphatic carboxylic acids is 1. The number of amides is 2. The van der Waals surface area contributed by atoms with Gasteiger partial charge in [0.1, 0.15) is 22.8 Å². The van der Waals surface area contributed by atoms with Gasteiger partial charge in [-0.1, -0.05) is 16.9 Å². The van der Waals surface area contributed by atoms with E-state index in [0.717, 1.165) is 26.0 Å². The summed E-state index contributed by atoms with van der Waals surface area (Å²) in [5.41, 5.74) is 10.5. The van der Waals surface area contributed by atoms with Gasteiger partial charge in [-0.2, -0.15) is 0 Å². The predicted molar refractivity (Wildman–Crippen MR) is 150 cm³/mol. The minimum absolute atomic E-state index is 0.0553. The highest BCUT2D eigenvalue weighted by molar-refractivity contribution is 8.07. The summed E-state index contributed by atoms with van der Waals surface area (Å²) in [4.78, 5) is 49.3. The smallest absolute Gasteiger partial charge is 0.353 e. The zero-order chi connectivity index (χ0) is 28.3. The molecule has 9 N–H and O–H groups in total. The van der Waals surface area contributed by atoms with Crippen molar-refractivity contribution in [3.05, 3.63) is 40.1 Å². The second-order valence-corrected chi connectivity index (χ2v) is 12.3. The van der Waals surface area contributed by atoms with Crippen molar-refractivity contribution in [2.24, 2.45) is 10.9 Å². The Balaban J connectivity index is 1.49. The van der Waals surface area contributed by atoms with Crippen LogP contribution in [0.3, 0.4) is 0 Å². The van der Waals surface area contributed by atoms with Gasteiger partial charge in [0.15, 0.2) is 16.8 Å². The number of thiazole rings is 1. The van der Waals surface area contributed by atoms with Gasteiger partial charge < -0.3 is 32.4 Å². The molecule has 0 bridgehead atoms. The molecule has 0 spiro atoms. The molecule has 2 aromatic rings. The number of rotatable bonds is 10. The fraction of sp³-hybridized carbons (Fsp3) is 0.286. The molecule has 1 saturated heterocycles. The van der Waals surface area contributed by atoms with E-state index in [4.69, 9.17) is 16.9 Å². The van der Waals surface area contributed by atoms with Crippen LogP contribution in [0.25, 0.3) is 0 Å². The van der Waals surface area contributed by atoms with E-state index in [1.807, 2.05) is 6.92 Å². The third kappa shape index (κ3) is 6.23. The van der Waals surface area contributed by atoms with E-state index in [0.29, 0.717) is 10.7 Å². The summed E-state index contributed by atoms with van der Waals surface area (Å²) < 4.78 is 0. The first kappa shape index (κ1) is 28.5. The number of carbonyl (C=O) groups excluding carboxylic acids is 2. The van der Waals surface area contributed by atoms with Crippen molar-refractivity contribution in [3.8, 4) is 0 Å². The van der Waals surface area contributed by atoms with Crippen molar-refractivity contribution in [1.29, 1.82) is 5.41 Å². The molecule has 1 unspecified atom stereocenters. The van der Waals surface area contributed by atoms with E-state index in [-0.39, 0.29) is 34.3 Å². The number of fused-ring (bicyclic) bond motifs is 1. The molecule has 39 heavy (non-hydrogen) atoms. The lowest BCUT2D eigenvalue weighted by Gasteiger charge is -2.49. The molecule has 18 heteroatoms. The Kier molecular flexibility index (Phi) is 8.88. The van der Waals surface area contributed by atoms with Gasteiger partial charge in [0, 0.05) is 50.0 Å². The molecule has 0 radical (unpaired) electrons. The van der Waals surface area contributed by atoms with Crippen LogP contribution in [-0.4, -0.2) is 83.6 Å². The number of carboxylic acids is 1. The summed E-state index contributed by atoms with van der Waals surface area (Å²) in [6, 6.07) is 0.667. The van der Waals surface area contributed by atoms with E-state index in [9.17, 15) is 24.7 Å². The molecule has 4 rings (SSSR count). The first-order valence-corrected chi connectivity index (χ1v) is 14.8. The third-order valence-electron chi connectivity index (χ3n) is 5.37. The molecule has 1 fully saturated rings. The van der Waals surface area contributed by atoms with Crippen LogP contribution in [0, 0.1) is 5.41 Å². The maximum atomic E-state index is 13.0. The number of aromatic nitrogens is 2. The highest BCUT2D eigenvalue weighted by Gasteiger charge is 2.54. The Hall–Kier alpha value is -3.48. The van der Waals surface area contributed by atoms with Crippen molar-refractivity contribution < 1.29 is 24.7 Å². The first-order valence-electron chi connectivity index (χ1n) is 11.1. The van der Waals surface area contributed by atoms with Crippen LogP contribution in [0.4, 0.5) is 5.13 Å². The first-order chi connectivity index (χ1) is 18.6. The van der Waals surface area contributed by atoms with Gasteiger partial charge in [0.2, 0.25) is 0 Å². The standard InChI is InChI=1S/C21H23N9O5S4/c1-8(26-20(22)23)5-36-11-4-25-3-2-10(11)39-12-7-37-18-14(17(32)30(18)15(12)19(33)34)28-16(31)13(29-35)9-6-38-21(24)27-9/h2-4,6,8,14,18,35H,5,7H2,1H3,(H2,24,27)(H,28,31)(H,33,34)(H4,22,23,26)/b29-13-/t8?,14-,18+/m1/s1. The van der Waals surface area contributed by atoms with Gasteiger partial charge >= 0.3 is 5.97 Å². The Morgan fingerprint density at radius 2 is 2.18 bits per heavy atom. The van der Waals surface area contributed by atoms with Crippen LogP contribution < -0.4 is 22.1 Å². The summed E-state index contributed by atoms with van der Waals surface area (Å²) in [6.07, 6.45) is 3.27. The number of nitrogens with one attached hydrogen (secondary N) is 3. The molecule has 2 aliphatic rings. The number of nitrogens with zero attached hydrogens (tertiary/aromatic N) is 4. The molecular weight excluding hydrogens is 587 g/mol. The molecule has 14 nitrogen and oxygen atoms in total. The van der Waals surface area contributed by atoms with Gasteiger partial charge in [-0.05, 0) is 13.0 Å². The fourth-order valence-corrected chi connectivity index (χ4v) is 7.87. The number of β-lactam (4-membered cyclic amide) rings is 1. The predicted octanol–water partition coefficient (Wildman–Crippen LogP) is 0.751. The molecular formula is C21H23N9O5S4. The summed E-state index contributed by atoms with van der Waals surface area (Å²) in [6.45, 7) is 1.88. The number of nitrogens with two attached hydrogens (primary N) is 2. The number of hydrogen-bond acceptors (Lipinski definition) is 13. The van der Waals surface area contributed by atoms with Crippen LogP contribution in [0.5, 0.6) is 0 Å². The summed E-state index contributed by atoms with van der Waals surface area (Å²) in [5.74, 6) is -1.96. The van der Waals surface area contributed by atoms with E-state index in [2.05, 4.69) is 25.8 Å². The van der Waals surface area contributed by atoms with Gasteiger partial charge in [-0.15, -0.1) is 34.9 Å². The molecule has 0 aromatic carbocycles. The summed E-state index contributed by atoms with van der Waals surface area (Å²) in [5, 5.41) is 36.0. The fourth-order valence-electron chi connectivity index (χ4n) is 3.70. The highest BCUT2D eigenvalue weighted by Crippen LogP contribution is 2.46. The third-order valence-corrected chi connectivity index (χ3v) is 10.1. The van der Waals surface area contributed by atoms with Crippen molar-refractivity contribution >= 4 is 81.2 Å². The van der Waals surface area contributed by atoms with Gasteiger partial charge in [0.05, 0.1) is 0 Å². The van der Waals surface area contributed by atoms with Crippen LogP contribution in [0.2, 0.25) is 0 Å². The summed E-state index contributed by atoms with van der Waals surface area (Å²) in [7, 11) is 0. The van der Waals surface area contributed by atoms with Crippen LogP contribution in [-0.2, 0) is 14.4 Å². The molecule has 0 aliphatic carbocycles. The molecule has 2 aliphatic heterocycles. The van der Waals surface area contributed by atoms with Gasteiger partial charge in [-0.25, -0.2) is 9.78 Å². The molecule has 4 heterocycles. The molecule has 3 atom stereocenters. The highest BCUT2D eigenvalue weighted by atomic mass is 32.2. The largest absolute Gasteiger partial charge is 0.477 e. The number of anilines is 1. The van der Waals surface area contributed by atoms with Crippen molar-refractivity contribution in [2.45, 2.75) is 34.2 Å². The summed E-state index contributed by atoms with van der Waals surface area (Å²) >= 11 is 5.07. The maximum Gasteiger partial charge on any atom is 0.353 e. The Morgan fingerprint density at radius 1 is 1.41 bits per heavy atom. The second-order valence-electron chi connectivity index (χ2n) is 8.15. The number of guanidine groups is 1. The SMILES string of the molecule is CC(CSc1cnccc1SC1=C(C(=O)O)N2C(=O)[C@@H](NC(=O)/C(=N\O)c3csc(N)n3)[C@@H]2SC1)NC(=N)N. The number of carboxylic acid groups (broad SMARTS) is 1. The second kappa shape index (κ2) is 12.1. The van der Waals surface area contributed by atoms with Crippen molar-refractivity contribution in [3.63, 3.8) is 0 Å². The van der Waals surface area contributed by atoms with E-state index >= 15 is 0 Å². The normalized spacial score (nSPS) is 19.7.